The first-order valence-corrected chi connectivity index (χ1v) is 10.7. The summed E-state index contributed by atoms with van der Waals surface area (Å²) in [6.45, 7) is 1.02. The van der Waals surface area contributed by atoms with E-state index in [2.05, 4.69) is 10.6 Å². The van der Waals surface area contributed by atoms with Crippen LogP contribution in [0.5, 0.6) is 5.75 Å². The molecule has 9 nitrogen and oxygen atoms in total. The number of anilines is 1. The Morgan fingerprint density at radius 3 is 2.23 bits per heavy atom. The van der Waals surface area contributed by atoms with E-state index in [0.29, 0.717) is 16.8 Å². The molecule has 3 aromatic carbocycles. The largest absolute Gasteiger partial charge is 0.427 e. The lowest BCUT2D eigenvalue weighted by Crippen LogP contribution is -2.40. The number of fused-ring (bicyclic) bond motifs is 1. The van der Waals surface area contributed by atoms with Crippen LogP contribution >= 0.6 is 0 Å². The van der Waals surface area contributed by atoms with Gasteiger partial charge in [0.2, 0.25) is 5.91 Å². The van der Waals surface area contributed by atoms with Gasteiger partial charge in [0.25, 0.3) is 17.7 Å². The average molecular weight is 471 g/mol. The molecule has 2 N–H and O–H groups in total. The molecule has 0 saturated heterocycles. The SMILES string of the molecule is CC(=O)Oc1cccc(C(=O)Nc2cccc(CNC(=O)CN3C(=O)c4ccccc4C3=O)c2)c1. The van der Waals surface area contributed by atoms with Crippen molar-refractivity contribution < 1.29 is 28.7 Å². The first-order valence-electron chi connectivity index (χ1n) is 10.7. The second-order valence-electron chi connectivity index (χ2n) is 7.79. The number of amides is 4. The fraction of sp³-hybridized carbons (Fsp3) is 0.115. The average Bonchev–Trinajstić information content (AvgIpc) is 3.08. The fourth-order valence-electron chi connectivity index (χ4n) is 3.61. The van der Waals surface area contributed by atoms with Crippen LogP contribution in [-0.2, 0) is 16.1 Å². The molecule has 0 spiro atoms. The predicted octanol–water partition coefficient (Wildman–Crippen LogP) is 2.78. The summed E-state index contributed by atoms with van der Waals surface area (Å²) >= 11 is 0. The zero-order valence-electron chi connectivity index (χ0n) is 18.7. The van der Waals surface area contributed by atoms with Gasteiger partial charge in [-0.2, -0.15) is 0 Å². The highest BCUT2D eigenvalue weighted by atomic mass is 16.5. The minimum Gasteiger partial charge on any atom is -0.427 e. The maximum Gasteiger partial charge on any atom is 0.308 e. The molecule has 0 radical (unpaired) electrons. The molecular formula is C26H21N3O6. The molecule has 4 amide bonds. The van der Waals surface area contributed by atoms with Crippen LogP contribution in [0.4, 0.5) is 5.69 Å². The van der Waals surface area contributed by atoms with E-state index >= 15 is 0 Å². The van der Waals surface area contributed by atoms with Crippen LogP contribution < -0.4 is 15.4 Å². The number of hydrogen-bond donors (Lipinski definition) is 2. The quantitative estimate of drug-likeness (QED) is 0.310. The molecule has 0 aliphatic carbocycles. The molecular weight excluding hydrogens is 450 g/mol. The zero-order valence-corrected chi connectivity index (χ0v) is 18.7. The van der Waals surface area contributed by atoms with E-state index in [9.17, 15) is 24.0 Å². The van der Waals surface area contributed by atoms with Gasteiger partial charge < -0.3 is 15.4 Å². The van der Waals surface area contributed by atoms with E-state index < -0.39 is 29.6 Å². The van der Waals surface area contributed by atoms with E-state index in [4.69, 9.17) is 4.74 Å². The summed E-state index contributed by atoms with van der Waals surface area (Å²) in [5, 5.41) is 5.44. The number of esters is 1. The highest BCUT2D eigenvalue weighted by Gasteiger charge is 2.36. The molecule has 35 heavy (non-hydrogen) atoms. The molecule has 1 aliphatic rings. The molecule has 1 aliphatic heterocycles. The van der Waals surface area contributed by atoms with E-state index in [0.717, 1.165) is 4.90 Å². The lowest BCUT2D eigenvalue weighted by atomic mass is 10.1. The van der Waals surface area contributed by atoms with Crippen molar-refractivity contribution in [1.82, 2.24) is 10.2 Å². The van der Waals surface area contributed by atoms with E-state index in [1.165, 1.54) is 13.0 Å². The van der Waals surface area contributed by atoms with Crippen molar-refractivity contribution in [3.63, 3.8) is 0 Å². The normalized spacial score (nSPS) is 12.2. The molecule has 0 atom stereocenters. The Labute approximate surface area is 200 Å². The number of nitrogens with one attached hydrogen (secondary N) is 2. The monoisotopic (exact) mass is 471 g/mol. The third-order valence-electron chi connectivity index (χ3n) is 5.21. The van der Waals surface area contributed by atoms with Gasteiger partial charge in [-0.3, -0.25) is 28.9 Å². The molecule has 0 aromatic heterocycles. The number of rotatable bonds is 7. The lowest BCUT2D eigenvalue weighted by Gasteiger charge is -2.14. The van der Waals surface area contributed by atoms with Gasteiger partial charge in [0.05, 0.1) is 11.1 Å². The number of nitrogens with zero attached hydrogens (tertiary/aromatic N) is 1. The van der Waals surface area contributed by atoms with Crippen LogP contribution in [0.2, 0.25) is 0 Å². The molecule has 4 rings (SSSR count). The summed E-state index contributed by atoms with van der Waals surface area (Å²) in [7, 11) is 0. The van der Waals surface area contributed by atoms with Gasteiger partial charge >= 0.3 is 5.97 Å². The maximum atomic E-state index is 12.6. The van der Waals surface area contributed by atoms with Crippen LogP contribution in [-0.4, -0.2) is 41.0 Å². The lowest BCUT2D eigenvalue weighted by molar-refractivity contribution is -0.131. The second kappa shape index (κ2) is 10.0. The molecule has 0 saturated carbocycles. The standard InChI is InChI=1S/C26H21N3O6/c1-16(30)35-20-9-5-7-18(13-20)24(32)28-19-8-4-6-17(12-19)14-27-23(31)15-29-25(33)21-10-2-3-11-22(21)26(29)34/h2-13H,14-15H2,1H3,(H,27,31)(H,28,32). The van der Waals surface area contributed by atoms with Crippen molar-refractivity contribution in [2.75, 3.05) is 11.9 Å². The van der Waals surface area contributed by atoms with Gasteiger partial charge in [0.1, 0.15) is 12.3 Å². The Hall–Kier alpha value is -4.79. The summed E-state index contributed by atoms with van der Waals surface area (Å²) in [5.74, 6) is -2.10. The number of ether oxygens (including phenoxy) is 1. The zero-order chi connectivity index (χ0) is 24.9. The number of benzene rings is 3. The second-order valence-corrected chi connectivity index (χ2v) is 7.79. The number of hydrogen-bond acceptors (Lipinski definition) is 6. The van der Waals surface area contributed by atoms with Crippen molar-refractivity contribution in [1.29, 1.82) is 0 Å². The van der Waals surface area contributed by atoms with Crippen molar-refractivity contribution in [3.05, 3.63) is 95.1 Å². The van der Waals surface area contributed by atoms with E-state index in [-0.39, 0.29) is 30.0 Å². The molecule has 0 unspecified atom stereocenters. The highest BCUT2D eigenvalue weighted by Crippen LogP contribution is 2.22. The van der Waals surface area contributed by atoms with Gasteiger partial charge in [0, 0.05) is 24.7 Å². The van der Waals surface area contributed by atoms with Crippen molar-refractivity contribution in [2.45, 2.75) is 13.5 Å². The Morgan fingerprint density at radius 2 is 1.54 bits per heavy atom. The molecule has 0 bridgehead atoms. The third kappa shape index (κ3) is 5.41. The Balaban J connectivity index is 1.34. The predicted molar refractivity (Wildman–Crippen MR) is 126 cm³/mol. The Morgan fingerprint density at radius 1 is 0.857 bits per heavy atom. The molecule has 0 fully saturated rings. The van der Waals surface area contributed by atoms with Gasteiger partial charge in [-0.1, -0.05) is 30.3 Å². The maximum absolute atomic E-state index is 12.6. The van der Waals surface area contributed by atoms with Crippen molar-refractivity contribution in [3.8, 4) is 5.75 Å². The number of carbonyl (C=O) groups excluding carboxylic acids is 5. The molecule has 176 valence electrons. The number of carbonyl (C=O) groups is 5. The van der Waals surface area contributed by atoms with Crippen LogP contribution in [0.15, 0.2) is 72.8 Å². The third-order valence-corrected chi connectivity index (χ3v) is 5.21. The first kappa shape index (κ1) is 23.4. The smallest absolute Gasteiger partial charge is 0.308 e. The van der Waals surface area contributed by atoms with Gasteiger partial charge in [-0.05, 0) is 48.0 Å². The summed E-state index contributed by atoms with van der Waals surface area (Å²) in [4.78, 5) is 61.9. The van der Waals surface area contributed by atoms with Crippen molar-refractivity contribution in [2.24, 2.45) is 0 Å². The number of imide groups is 1. The van der Waals surface area contributed by atoms with Crippen LogP contribution in [0.3, 0.4) is 0 Å². The first-order chi connectivity index (χ1) is 16.8. The topological polar surface area (TPSA) is 122 Å². The van der Waals surface area contributed by atoms with E-state index in [1.807, 2.05) is 0 Å². The summed E-state index contributed by atoms with van der Waals surface area (Å²) in [6, 6.07) is 19.5. The van der Waals surface area contributed by atoms with Gasteiger partial charge in [-0.15, -0.1) is 0 Å². The van der Waals surface area contributed by atoms with E-state index in [1.54, 1.807) is 66.7 Å². The molecule has 1 heterocycles. The fourth-order valence-corrected chi connectivity index (χ4v) is 3.61. The van der Waals surface area contributed by atoms with Gasteiger partial charge in [-0.25, -0.2) is 0 Å². The highest BCUT2D eigenvalue weighted by molar-refractivity contribution is 6.22. The summed E-state index contributed by atoms with van der Waals surface area (Å²) in [6.07, 6.45) is 0. The molecule has 9 heteroatoms. The van der Waals surface area contributed by atoms with Gasteiger partial charge in [0.15, 0.2) is 0 Å². The summed E-state index contributed by atoms with van der Waals surface area (Å²) < 4.78 is 5.00. The molecule has 3 aromatic rings. The Kier molecular flexibility index (Phi) is 6.68. The summed E-state index contributed by atoms with van der Waals surface area (Å²) in [5.41, 5.74) is 2.08. The van der Waals surface area contributed by atoms with Crippen LogP contribution in [0.1, 0.15) is 43.6 Å². The van der Waals surface area contributed by atoms with Crippen LogP contribution in [0, 0.1) is 0 Å². The minimum atomic E-state index is -0.497. The van der Waals surface area contributed by atoms with Crippen molar-refractivity contribution >= 4 is 35.3 Å². The minimum absolute atomic E-state index is 0.133. The van der Waals surface area contributed by atoms with Crippen LogP contribution in [0.25, 0.3) is 0 Å². The Bertz CT molecular complexity index is 1320.